The molecule has 2 heteroatoms. The average molecular weight is 357 g/mol. The Labute approximate surface area is 161 Å². The molecular formula is C25H27NO. The smallest absolute Gasteiger partial charge is 0.226 e. The molecule has 0 saturated heterocycles. The van der Waals surface area contributed by atoms with Crippen molar-refractivity contribution in [2.75, 3.05) is 0 Å². The number of amides is 1. The highest BCUT2D eigenvalue weighted by atomic mass is 16.2. The maximum Gasteiger partial charge on any atom is 0.226 e. The third-order valence-corrected chi connectivity index (χ3v) is 6.44. The summed E-state index contributed by atoms with van der Waals surface area (Å²) >= 11 is 0. The third-order valence-electron chi connectivity index (χ3n) is 6.44. The van der Waals surface area contributed by atoms with Crippen LogP contribution >= 0.6 is 0 Å². The fraction of sp³-hybridized carbons (Fsp3) is 0.400. The SMILES string of the molecule is O=C(C1CC1)N(Cc1c2ccccc2cc2ccccc12)C1CCCCC1. The zero-order valence-electron chi connectivity index (χ0n) is 15.9. The van der Waals surface area contributed by atoms with Crippen molar-refractivity contribution >= 4 is 27.5 Å². The summed E-state index contributed by atoms with van der Waals surface area (Å²) in [7, 11) is 0. The van der Waals surface area contributed by atoms with Gasteiger partial charge in [-0.25, -0.2) is 0 Å². The first-order valence-corrected chi connectivity index (χ1v) is 10.5. The predicted octanol–water partition coefficient (Wildman–Crippen LogP) is 6.06. The summed E-state index contributed by atoms with van der Waals surface area (Å²) in [5.74, 6) is 0.687. The lowest BCUT2D eigenvalue weighted by Gasteiger charge is -2.35. The van der Waals surface area contributed by atoms with Gasteiger partial charge < -0.3 is 4.90 Å². The van der Waals surface area contributed by atoms with E-state index in [9.17, 15) is 4.79 Å². The molecule has 138 valence electrons. The number of hydrogen-bond acceptors (Lipinski definition) is 1. The fourth-order valence-corrected chi connectivity index (χ4v) is 4.79. The highest BCUT2D eigenvalue weighted by Crippen LogP contribution is 2.36. The van der Waals surface area contributed by atoms with Gasteiger partial charge >= 0.3 is 0 Å². The lowest BCUT2D eigenvalue weighted by atomic mass is 9.92. The lowest BCUT2D eigenvalue weighted by molar-refractivity contribution is -0.136. The molecule has 5 rings (SSSR count). The summed E-state index contributed by atoms with van der Waals surface area (Å²) in [6.45, 7) is 0.752. The molecule has 2 nitrogen and oxygen atoms in total. The van der Waals surface area contributed by atoms with Crippen LogP contribution in [0.1, 0.15) is 50.5 Å². The molecule has 0 N–H and O–H groups in total. The Hall–Kier alpha value is -2.35. The summed E-state index contributed by atoms with van der Waals surface area (Å²) in [6, 6.07) is 20.0. The molecule has 1 amide bonds. The molecule has 3 aromatic rings. The van der Waals surface area contributed by atoms with Crippen molar-refractivity contribution in [3.63, 3.8) is 0 Å². The Balaban J connectivity index is 1.62. The molecule has 2 aliphatic carbocycles. The minimum absolute atomic E-state index is 0.285. The molecule has 0 bridgehead atoms. The minimum atomic E-state index is 0.285. The number of rotatable bonds is 4. The van der Waals surface area contributed by atoms with E-state index in [1.807, 2.05) is 0 Å². The molecule has 0 aromatic heterocycles. The summed E-state index contributed by atoms with van der Waals surface area (Å²) in [5, 5.41) is 5.13. The van der Waals surface area contributed by atoms with Crippen molar-refractivity contribution in [2.45, 2.75) is 57.5 Å². The van der Waals surface area contributed by atoms with E-state index in [-0.39, 0.29) is 5.92 Å². The number of hydrogen-bond donors (Lipinski definition) is 0. The van der Waals surface area contributed by atoms with Crippen molar-refractivity contribution in [2.24, 2.45) is 5.92 Å². The molecule has 3 aromatic carbocycles. The van der Waals surface area contributed by atoms with Crippen molar-refractivity contribution in [1.29, 1.82) is 0 Å². The standard InChI is InChI=1S/C25H27NO/c27-25(18-14-15-18)26(21-10-2-1-3-11-21)17-24-22-12-6-4-8-19(22)16-20-9-5-7-13-23(20)24/h4-9,12-13,16,18,21H,1-3,10-11,14-15,17H2. The van der Waals surface area contributed by atoms with Crippen LogP contribution in [0.25, 0.3) is 21.5 Å². The molecular weight excluding hydrogens is 330 g/mol. The lowest BCUT2D eigenvalue weighted by Crippen LogP contribution is -2.41. The average Bonchev–Trinajstić information content (AvgIpc) is 3.57. The second-order valence-electron chi connectivity index (χ2n) is 8.33. The second-order valence-corrected chi connectivity index (χ2v) is 8.33. The summed E-state index contributed by atoms with van der Waals surface area (Å²) in [5.41, 5.74) is 1.32. The monoisotopic (exact) mass is 357 g/mol. The Bertz CT molecular complexity index is 928. The highest BCUT2D eigenvalue weighted by Gasteiger charge is 2.37. The van der Waals surface area contributed by atoms with E-state index in [1.165, 1.54) is 59.2 Å². The van der Waals surface area contributed by atoms with Crippen LogP contribution in [0, 0.1) is 5.92 Å². The van der Waals surface area contributed by atoms with E-state index in [0.717, 1.165) is 19.4 Å². The van der Waals surface area contributed by atoms with Gasteiger partial charge in [0.15, 0.2) is 0 Å². The molecule has 0 unspecified atom stereocenters. The van der Waals surface area contributed by atoms with Gasteiger partial charge in [-0.1, -0.05) is 67.8 Å². The van der Waals surface area contributed by atoms with E-state index >= 15 is 0 Å². The van der Waals surface area contributed by atoms with Crippen molar-refractivity contribution in [3.05, 3.63) is 60.2 Å². The number of carbonyl (C=O) groups is 1. The van der Waals surface area contributed by atoms with Gasteiger partial charge in [-0.15, -0.1) is 0 Å². The van der Waals surface area contributed by atoms with E-state index < -0.39 is 0 Å². The first-order valence-electron chi connectivity index (χ1n) is 10.5. The molecule has 0 spiro atoms. The first-order chi connectivity index (χ1) is 13.3. The van der Waals surface area contributed by atoms with E-state index in [0.29, 0.717) is 11.9 Å². The molecule has 2 aliphatic rings. The molecule has 27 heavy (non-hydrogen) atoms. The normalized spacial score (nSPS) is 18.1. The molecule has 0 atom stereocenters. The van der Waals surface area contributed by atoms with Gasteiger partial charge in [0.2, 0.25) is 5.91 Å². The quantitative estimate of drug-likeness (QED) is 0.519. The zero-order valence-corrected chi connectivity index (χ0v) is 15.9. The molecule has 0 aliphatic heterocycles. The Morgan fingerprint density at radius 1 is 0.815 bits per heavy atom. The van der Waals surface area contributed by atoms with Crippen molar-refractivity contribution < 1.29 is 4.79 Å². The van der Waals surface area contributed by atoms with E-state index in [2.05, 4.69) is 59.5 Å². The Morgan fingerprint density at radius 3 is 2.00 bits per heavy atom. The van der Waals surface area contributed by atoms with Crippen LogP contribution in [-0.2, 0) is 11.3 Å². The highest BCUT2D eigenvalue weighted by molar-refractivity contribution is 6.02. The van der Waals surface area contributed by atoms with Crippen LogP contribution in [0.4, 0.5) is 0 Å². The van der Waals surface area contributed by atoms with Crippen LogP contribution in [0.15, 0.2) is 54.6 Å². The second kappa shape index (κ2) is 6.99. The largest absolute Gasteiger partial charge is 0.335 e. The molecule has 2 saturated carbocycles. The topological polar surface area (TPSA) is 20.3 Å². The van der Waals surface area contributed by atoms with Gasteiger partial charge in [-0.05, 0) is 58.9 Å². The number of carbonyl (C=O) groups excluding carboxylic acids is 1. The molecule has 0 heterocycles. The summed E-state index contributed by atoms with van der Waals surface area (Å²) in [4.78, 5) is 15.5. The van der Waals surface area contributed by atoms with Gasteiger partial charge in [0.25, 0.3) is 0 Å². The number of nitrogens with zero attached hydrogens (tertiary/aromatic N) is 1. The summed E-state index contributed by atoms with van der Waals surface area (Å²) in [6.07, 6.45) is 8.34. The predicted molar refractivity (Wildman–Crippen MR) is 112 cm³/mol. The van der Waals surface area contributed by atoms with Gasteiger partial charge in [-0.2, -0.15) is 0 Å². The van der Waals surface area contributed by atoms with E-state index in [4.69, 9.17) is 0 Å². The Morgan fingerprint density at radius 2 is 1.41 bits per heavy atom. The third kappa shape index (κ3) is 3.22. The van der Waals surface area contributed by atoms with Gasteiger partial charge in [-0.3, -0.25) is 4.79 Å². The first kappa shape index (κ1) is 16.8. The number of benzene rings is 3. The van der Waals surface area contributed by atoms with Crippen LogP contribution in [0.2, 0.25) is 0 Å². The number of fused-ring (bicyclic) bond motifs is 2. The van der Waals surface area contributed by atoms with Crippen LogP contribution in [-0.4, -0.2) is 16.8 Å². The van der Waals surface area contributed by atoms with Gasteiger partial charge in [0.1, 0.15) is 0 Å². The van der Waals surface area contributed by atoms with Crippen LogP contribution in [0.5, 0.6) is 0 Å². The van der Waals surface area contributed by atoms with Crippen LogP contribution in [0.3, 0.4) is 0 Å². The molecule has 0 radical (unpaired) electrons. The van der Waals surface area contributed by atoms with Crippen molar-refractivity contribution in [1.82, 2.24) is 4.90 Å². The maximum absolute atomic E-state index is 13.2. The van der Waals surface area contributed by atoms with Gasteiger partial charge in [0.05, 0.1) is 0 Å². The van der Waals surface area contributed by atoms with Gasteiger partial charge in [0, 0.05) is 18.5 Å². The van der Waals surface area contributed by atoms with Crippen LogP contribution < -0.4 is 0 Å². The fourth-order valence-electron chi connectivity index (χ4n) is 4.79. The zero-order chi connectivity index (χ0) is 18.2. The van der Waals surface area contributed by atoms with Crippen molar-refractivity contribution in [3.8, 4) is 0 Å². The molecule has 2 fully saturated rings. The van der Waals surface area contributed by atoms with E-state index in [1.54, 1.807) is 0 Å². The Kier molecular flexibility index (Phi) is 4.35. The minimum Gasteiger partial charge on any atom is -0.335 e. The summed E-state index contributed by atoms with van der Waals surface area (Å²) < 4.78 is 0. The maximum atomic E-state index is 13.2.